The molecule has 0 heteroatoms. The Morgan fingerprint density at radius 3 is 1.56 bits per heavy atom. The van der Waals surface area contributed by atoms with Crippen molar-refractivity contribution in [1.29, 1.82) is 0 Å². The lowest BCUT2D eigenvalue weighted by molar-refractivity contribution is 1.58. The molecular formula is C59H42. The lowest BCUT2D eigenvalue weighted by Crippen LogP contribution is -1.98. The van der Waals surface area contributed by atoms with Gasteiger partial charge in [0, 0.05) is 0 Å². The van der Waals surface area contributed by atoms with Crippen LogP contribution in [0.5, 0.6) is 0 Å². The standard InChI is InChI=1S/C59H42/c1-5-20-38(21-6-2)56-42(7-3)43(8-4)58(50-28-15-12-25-47(50)56)53-32-18-24-40-36-54-41(37-55(40)53)34-35-45-44(54)31-19-33-46(45)59-51-29-16-13-26-48(51)57(39-22-10-9-11-23-39)49-27-14-17-30-52(49)59/h5-37H,1,3-4H2,2H3/b21-6-,38-20+. The van der Waals surface area contributed by atoms with Gasteiger partial charge in [0.05, 0.1) is 0 Å². The van der Waals surface area contributed by atoms with Crippen molar-refractivity contribution in [3.8, 4) is 33.4 Å². The van der Waals surface area contributed by atoms with Crippen LogP contribution in [0.25, 0.3) is 116 Å². The number of benzene rings is 10. The van der Waals surface area contributed by atoms with Crippen molar-refractivity contribution in [3.63, 3.8) is 0 Å². The van der Waals surface area contributed by atoms with Crippen molar-refractivity contribution in [2.45, 2.75) is 6.92 Å². The molecule has 278 valence electrons. The van der Waals surface area contributed by atoms with Crippen LogP contribution in [-0.4, -0.2) is 0 Å². The molecule has 0 saturated carbocycles. The molecule has 0 aliphatic carbocycles. The molecular weight excluding hydrogens is 709 g/mol. The zero-order valence-electron chi connectivity index (χ0n) is 33.2. The molecule has 0 unspecified atom stereocenters. The van der Waals surface area contributed by atoms with E-state index in [1.807, 2.05) is 25.2 Å². The Morgan fingerprint density at radius 1 is 0.407 bits per heavy atom. The van der Waals surface area contributed by atoms with Gasteiger partial charge in [0.15, 0.2) is 0 Å². The van der Waals surface area contributed by atoms with Gasteiger partial charge in [0.1, 0.15) is 0 Å². The molecule has 59 heavy (non-hydrogen) atoms. The average molecular weight is 751 g/mol. The van der Waals surface area contributed by atoms with Gasteiger partial charge in [-0.05, 0) is 139 Å². The van der Waals surface area contributed by atoms with E-state index in [-0.39, 0.29) is 0 Å². The first kappa shape index (κ1) is 35.8. The Balaban J connectivity index is 1.23. The van der Waals surface area contributed by atoms with E-state index in [1.54, 1.807) is 0 Å². The van der Waals surface area contributed by atoms with Crippen molar-refractivity contribution < 1.29 is 0 Å². The quantitative estimate of drug-likeness (QED) is 0.0824. The molecule has 0 atom stereocenters. The molecule has 0 nitrogen and oxygen atoms in total. The third-order valence-corrected chi connectivity index (χ3v) is 12.0. The third-order valence-electron chi connectivity index (χ3n) is 12.0. The molecule has 0 saturated heterocycles. The molecule has 0 aromatic heterocycles. The van der Waals surface area contributed by atoms with Crippen LogP contribution in [-0.2, 0) is 0 Å². The fourth-order valence-corrected chi connectivity index (χ4v) is 9.67. The van der Waals surface area contributed by atoms with Gasteiger partial charge in [0.25, 0.3) is 0 Å². The highest BCUT2D eigenvalue weighted by atomic mass is 14.2. The van der Waals surface area contributed by atoms with Crippen molar-refractivity contribution in [2.75, 3.05) is 0 Å². The average Bonchev–Trinajstić information content (AvgIpc) is 3.29. The number of fused-ring (bicyclic) bond motifs is 7. The number of allylic oxidation sites excluding steroid dienone is 5. The fraction of sp³-hybridized carbons (Fsp3) is 0.0169. The summed E-state index contributed by atoms with van der Waals surface area (Å²) in [4.78, 5) is 0. The van der Waals surface area contributed by atoms with Crippen LogP contribution >= 0.6 is 0 Å². The maximum atomic E-state index is 4.37. The van der Waals surface area contributed by atoms with Gasteiger partial charge in [-0.1, -0.05) is 208 Å². The second kappa shape index (κ2) is 14.8. The molecule has 0 fully saturated rings. The highest BCUT2D eigenvalue weighted by molar-refractivity contribution is 6.26. The SMILES string of the molecule is C=C/C=C(\C=C/C)c1c(C=C)c(C=C)c(-c2cccc3cc4c(ccc5c(-c6c7ccccc7c(-c7ccccc7)c7ccccc67)cccc54)cc23)c2ccccc12. The largest absolute Gasteiger partial charge is 0.0990 e. The smallest absolute Gasteiger partial charge is 0.00201 e. The van der Waals surface area contributed by atoms with Gasteiger partial charge in [-0.25, -0.2) is 0 Å². The van der Waals surface area contributed by atoms with Crippen LogP contribution in [0, 0.1) is 0 Å². The first-order valence-corrected chi connectivity index (χ1v) is 20.3. The predicted octanol–water partition coefficient (Wildman–Crippen LogP) is 17.0. The Morgan fingerprint density at radius 2 is 0.932 bits per heavy atom. The van der Waals surface area contributed by atoms with Crippen LogP contribution in [0.1, 0.15) is 23.6 Å². The summed E-state index contributed by atoms with van der Waals surface area (Å²) in [5, 5.41) is 14.7. The zero-order valence-corrected chi connectivity index (χ0v) is 33.2. The molecule has 10 aromatic carbocycles. The lowest BCUT2D eigenvalue weighted by Gasteiger charge is -2.22. The summed E-state index contributed by atoms with van der Waals surface area (Å²) < 4.78 is 0. The minimum absolute atomic E-state index is 1.06. The molecule has 0 N–H and O–H groups in total. The monoisotopic (exact) mass is 750 g/mol. The second-order valence-corrected chi connectivity index (χ2v) is 15.2. The predicted molar refractivity (Wildman–Crippen MR) is 261 cm³/mol. The highest BCUT2D eigenvalue weighted by Crippen LogP contribution is 2.48. The minimum Gasteiger partial charge on any atom is -0.0990 e. The molecule has 0 aliphatic heterocycles. The highest BCUT2D eigenvalue weighted by Gasteiger charge is 2.22. The molecule has 10 aromatic rings. The van der Waals surface area contributed by atoms with E-state index < -0.39 is 0 Å². The first-order chi connectivity index (χ1) is 29.1. The van der Waals surface area contributed by atoms with Crippen LogP contribution in [0.3, 0.4) is 0 Å². The Kier molecular flexibility index (Phi) is 8.97. The number of hydrogen-bond acceptors (Lipinski definition) is 0. The summed E-state index contributed by atoms with van der Waals surface area (Å²) >= 11 is 0. The first-order valence-electron chi connectivity index (χ1n) is 20.3. The topological polar surface area (TPSA) is 0 Å². The molecule has 0 aliphatic rings. The van der Waals surface area contributed by atoms with Crippen LogP contribution in [0.2, 0.25) is 0 Å². The zero-order chi connectivity index (χ0) is 40.0. The molecule has 10 rings (SSSR count). The Labute approximate surface area is 345 Å². The maximum Gasteiger partial charge on any atom is -0.00201 e. The summed E-state index contributed by atoms with van der Waals surface area (Å²) in [5.74, 6) is 0. The summed E-state index contributed by atoms with van der Waals surface area (Å²) in [6, 6.07) is 60.3. The molecule has 0 heterocycles. The van der Waals surface area contributed by atoms with Crippen molar-refractivity contribution in [3.05, 3.63) is 225 Å². The maximum absolute atomic E-state index is 4.37. The van der Waals surface area contributed by atoms with Crippen molar-refractivity contribution in [1.82, 2.24) is 0 Å². The van der Waals surface area contributed by atoms with Gasteiger partial charge in [-0.2, -0.15) is 0 Å². The van der Waals surface area contributed by atoms with Gasteiger partial charge in [-0.3, -0.25) is 0 Å². The van der Waals surface area contributed by atoms with Crippen LogP contribution in [0.4, 0.5) is 0 Å². The summed E-state index contributed by atoms with van der Waals surface area (Å²) in [6.07, 6.45) is 12.1. The molecule has 0 bridgehead atoms. The Hall–Kier alpha value is -7.54. The van der Waals surface area contributed by atoms with E-state index in [0.29, 0.717) is 0 Å². The van der Waals surface area contributed by atoms with Gasteiger partial charge >= 0.3 is 0 Å². The van der Waals surface area contributed by atoms with Gasteiger partial charge in [-0.15, -0.1) is 0 Å². The second-order valence-electron chi connectivity index (χ2n) is 15.2. The normalized spacial score (nSPS) is 12.1. The third kappa shape index (κ3) is 5.68. The van der Waals surface area contributed by atoms with E-state index in [9.17, 15) is 0 Å². The summed E-state index contributed by atoms with van der Waals surface area (Å²) in [7, 11) is 0. The summed E-state index contributed by atoms with van der Waals surface area (Å²) in [5.41, 5.74) is 11.7. The van der Waals surface area contributed by atoms with Crippen molar-refractivity contribution >= 4 is 82.4 Å². The minimum atomic E-state index is 1.06. The number of rotatable bonds is 8. The van der Waals surface area contributed by atoms with E-state index in [0.717, 1.165) is 22.3 Å². The summed E-state index contributed by atoms with van der Waals surface area (Å²) in [6.45, 7) is 14.8. The lowest BCUT2D eigenvalue weighted by atomic mass is 9.81. The molecule has 0 radical (unpaired) electrons. The van der Waals surface area contributed by atoms with Crippen LogP contribution in [0.15, 0.2) is 208 Å². The van der Waals surface area contributed by atoms with Crippen LogP contribution < -0.4 is 0 Å². The molecule has 0 spiro atoms. The van der Waals surface area contributed by atoms with Gasteiger partial charge in [0.2, 0.25) is 0 Å². The van der Waals surface area contributed by atoms with E-state index in [2.05, 4.69) is 202 Å². The van der Waals surface area contributed by atoms with Crippen molar-refractivity contribution in [2.24, 2.45) is 0 Å². The van der Waals surface area contributed by atoms with E-state index >= 15 is 0 Å². The Bertz CT molecular complexity index is 3370. The fourth-order valence-electron chi connectivity index (χ4n) is 9.67. The number of hydrogen-bond donors (Lipinski definition) is 0. The van der Waals surface area contributed by atoms with Gasteiger partial charge < -0.3 is 0 Å². The van der Waals surface area contributed by atoms with E-state index in [1.165, 1.54) is 98.0 Å². The molecule has 0 amide bonds. The van der Waals surface area contributed by atoms with E-state index in [4.69, 9.17) is 0 Å².